The Morgan fingerprint density at radius 3 is 2.39 bits per heavy atom. The van der Waals surface area contributed by atoms with E-state index in [0.717, 1.165) is 28.3 Å². The minimum Gasteiger partial charge on any atom is -0.481 e. The van der Waals surface area contributed by atoms with Gasteiger partial charge in [0.2, 0.25) is 0 Å². The second kappa shape index (κ2) is 9.47. The average Bonchev–Trinajstić information content (AvgIpc) is 2.70. The quantitative estimate of drug-likeness (QED) is 0.502. The van der Waals surface area contributed by atoms with Crippen LogP contribution >= 0.6 is 11.8 Å². The summed E-state index contributed by atoms with van der Waals surface area (Å²) in [7, 11) is 0. The van der Waals surface area contributed by atoms with E-state index in [1.165, 1.54) is 10.5 Å². The Kier molecular flexibility index (Phi) is 6.77. The molecule has 0 aliphatic heterocycles. The number of aryl methyl sites for hydroxylation is 2. The Labute approximate surface area is 171 Å². The van der Waals surface area contributed by atoms with Crippen molar-refractivity contribution in [3.63, 3.8) is 0 Å². The number of hydrogen-bond donors (Lipinski definition) is 1. The van der Waals surface area contributed by atoms with Crippen molar-refractivity contribution in [3.8, 4) is 5.75 Å². The highest BCUT2D eigenvalue weighted by Gasteiger charge is 2.16. The molecular weight excluding hydrogens is 366 g/mol. The minimum absolute atomic E-state index is 0.155. The summed E-state index contributed by atoms with van der Waals surface area (Å²) in [4.78, 5) is 13.8. The maximum absolute atomic E-state index is 12.5. The number of thioether (sulfide) groups is 1. The van der Waals surface area contributed by atoms with Crippen LogP contribution < -0.4 is 10.1 Å². The summed E-state index contributed by atoms with van der Waals surface area (Å²) in [5.41, 5.74) is 4.11. The molecule has 3 aromatic carbocycles. The predicted molar refractivity (Wildman–Crippen MR) is 117 cm³/mol. The van der Waals surface area contributed by atoms with Crippen LogP contribution in [0.5, 0.6) is 5.75 Å². The molecule has 1 amide bonds. The number of rotatable bonds is 7. The number of amides is 1. The molecule has 0 unspecified atom stereocenters. The van der Waals surface area contributed by atoms with E-state index < -0.39 is 6.10 Å². The van der Waals surface area contributed by atoms with E-state index in [2.05, 4.69) is 29.6 Å². The molecule has 4 heteroatoms. The Morgan fingerprint density at radius 2 is 1.68 bits per heavy atom. The van der Waals surface area contributed by atoms with E-state index >= 15 is 0 Å². The number of para-hydroxylation sites is 1. The molecule has 0 heterocycles. The topological polar surface area (TPSA) is 38.3 Å². The molecule has 0 fully saturated rings. The number of hydrogen-bond acceptors (Lipinski definition) is 3. The van der Waals surface area contributed by atoms with Crippen LogP contribution in [0, 0.1) is 13.8 Å². The molecule has 0 radical (unpaired) electrons. The molecule has 0 saturated carbocycles. The summed E-state index contributed by atoms with van der Waals surface area (Å²) in [6.07, 6.45) is -0.575. The van der Waals surface area contributed by atoms with E-state index in [1.807, 2.05) is 62.4 Å². The smallest absolute Gasteiger partial charge is 0.265 e. The number of benzene rings is 3. The first-order valence-corrected chi connectivity index (χ1v) is 10.3. The zero-order valence-corrected chi connectivity index (χ0v) is 17.3. The fourth-order valence-corrected chi connectivity index (χ4v) is 3.67. The summed E-state index contributed by atoms with van der Waals surface area (Å²) in [5.74, 6) is 1.47. The van der Waals surface area contributed by atoms with Crippen LogP contribution in [0.4, 0.5) is 5.69 Å². The van der Waals surface area contributed by atoms with Gasteiger partial charge in [-0.05, 0) is 61.7 Å². The largest absolute Gasteiger partial charge is 0.481 e. The van der Waals surface area contributed by atoms with Crippen LogP contribution in [0.3, 0.4) is 0 Å². The van der Waals surface area contributed by atoms with Crippen molar-refractivity contribution < 1.29 is 9.53 Å². The predicted octanol–water partition coefficient (Wildman–Crippen LogP) is 6.00. The molecule has 0 aliphatic carbocycles. The van der Waals surface area contributed by atoms with Crippen molar-refractivity contribution >= 4 is 23.4 Å². The zero-order valence-electron chi connectivity index (χ0n) is 16.4. The summed E-state index contributed by atoms with van der Waals surface area (Å²) in [6.45, 7) is 5.75. The molecule has 1 N–H and O–H groups in total. The Balaban J connectivity index is 1.59. The van der Waals surface area contributed by atoms with Crippen LogP contribution in [0.15, 0.2) is 77.7 Å². The van der Waals surface area contributed by atoms with Gasteiger partial charge in [-0.25, -0.2) is 0 Å². The molecular formula is C24H25NO2S. The monoisotopic (exact) mass is 391 g/mol. The third-order valence-electron chi connectivity index (χ3n) is 4.46. The van der Waals surface area contributed by atoms with Crippen molar-refractivity contribution in [1.29, 1.82) is 0 Å². The van der Waals surface area contributed by atoms with E-state index in [4.69, 9.17) is 4.74 Å². The van der Waals surface area contributed by atoms with Crippen LogP contribution in [0.25, 0.3) is 0 Å². The lowest BCUT2D eigenvalue weighted by Gasteiger charge is -2.17. The molecule has 0 aliphatic rings. The number of carbonyl (C=O) groups excluding carboxylic acids is 1. The SMILES string of the molecule is Cc1cc(CSc2ccccc2)ccc1NC(=O)[C@@H](C)Oc1ccccc1C. The number of ether oxygens (including phenoxy) is 1. The number of anilines is 1. The Hall–Kier alpha value is -2.72. The second-order valence-electron chi connectivity index (χ2n) is 6.77. The van der Waals surface area contributed by atoms with Crippen LogP contribution in [0.2, 0.25) is 0 Å². The van der Waals surface area contributed by atoms with Crippen molar-refractivity contribution in [2.75, 3.05) is 5.32 Å². The first kappa shape index (κ1) is 20.0. The normalized spacial score (nSPS) is 11.7. The molecule has 3 aromatic rings. The third-order valence-corrected chi connectivity index (χ3v) is 5.55. The number of carbonyl (C=O) groups is 1. The van der Waals surface area contributed by atoms with Gasteiger partial charge in [0, 0.05) is 16.3 Å². The molecule has 144 valence electrons. The van der Waals surface area contributed by atoms with Crippen molar-refractivity contribution in [2.24, 2.45) is 0 Å². The molecule has 3 rings (SSSR count). The lowest BCUT2D eigenvalue weighted by Crippen LogP contribution is -2.30. The second-order valence-corrected chi connectivity index (χ2v) is 7.81. The van der Waals surface area contributed by atoms with Gasteiger partial charge in [-0.15, -0.1) is 11.8 Å². The number of nitrogens with one attached hydrogen (secondary N) is 1. The molecule has 0 aromatic heterocycles. The van der Waals surface area contributed by atoms with Crippen LogP contribution in [0.1, 0.15) is 23.6 Å². The zero-order chi connectivity index (χ0) is 19.9. The van der Waals surface area contributed by atoms with E-state index in [0.29, 0.717) is 0 Å². The first-order chi connectivity index (χ1) is 13.5. The highest BCUT2D eigenvalue weighted by molar-refractivity contribution is 7.98. The van der Waals surface area contributed by atoms with Gasteiger partial charge in [-0.1, -0.05) is 48.5 Å². The molecule has 0 saturated heterocycles. The van der Waals surface area contributed by atoms with E-state index in [1.54, 1.807) is 18.7 Å². The van der Waals surface area contributed by atoms with E-state index in [-0.39, 0.29) is 5.91 Å². The van der Waals surface area contributed by atoms with Gasteiger partial charge in [0.05, 0.1) is 0 Å². The Bertz CT molecular complexity index is 940. The van der Waals surface area contributed by atoms with E-state index in [9.17, 15) is 4.79 Å². The van der Waals surface area contributed by atoms with Gasteiger partial charge in [0.25, 0.3) is 5.91 Å². The first-order valence-electron chi connectivity index (χ1n) is 9.33. The van der Waals surface area contributed by atoms with Gasteiger partial charge < -0.3 is 10.1 Å². The highest BCUT2D eigenvalue weighted by Crippen LogP contribution is 2.25. The lowest BCUT2D eigenvalue weighted by atomic mass is 10.1. The molecule has 1 atom stereocenters. The van der Waals surface area contributed by atoms with Gasteiger partial charge in [-0.3, -0.25) is 4.79 Å². The van der Waals surface area contributed by atoms with Crippen molar-refractivity contribution in [2.45, 2.75) is 37.5 Å². The fourth-order valence-electron chi connectivity index (χ4n) is 2.81. The summed E-state index contributed by atoms with van der Waals surface area (Å²) < 4.78 is 5.81. The average molecular weight is 392 g/mol. The van der Waals surface area contributed by atoms with Gasteiger partial charge in [0.1, 0.15) is 5.75 Å². The summed E-state index contributed by atoms with van der Waals surface area (Å²) in [6, 6.07) is 24.2. The molecule has 3 nitrogen and oxygen atoms in total. The Morgan fingerprint density at radius 1 is 0.964 bits per heavy atom. The van der Waals surface area contributed by atoms with Crippen molar-refractivity contribution in [3.05, 3.63) is 89.5 Å². The summed E-state index contributed by atoms with van der Waals surface area (Å²) >= 11 is 1.80. The van der Waals surface area contributed by atoms with Crippen LogP contribution in [-0.4, -0.2) is 12.0 Å². The maximum atomic E-state index is 12.5. The standard InChI is InChI=1S/C24H25NO2S/c1-17-9-7-8-12-23(17)27-19(3)24(26)25-22-14-13-20(15-18(22)2)16-28-21-10-5-4-6-11-21/h4-15,19H,16H2,1-3H3,(H,25,26)/t19-/m1/s1. The van der Waals surface area contributed by atoms with Gasteiger partial charge >= 0.3 is 0 Å². The van der Waals surface area contributed by atoms with Gasteiger partial charge in [-0.2, -0.15) is 0 Å². The summed E-state index contributed by atoms with van der Waals surface area (Å²) in [5, 5.41) is 2.98. The van der Waals surface area contributed by atoms with Gasteiger partial charge in [0.15, 0.2) is 6.10 Å². The molecule has 0 bridgehead atoms. The fraction of sp³-hybridized carbons (Fsp3) is 0.208. The lowest BCUT2D eigenvalue weighted by molar-refractivity contribution is -0.122. The third kappa shape index (κ3) is 5.40. The van der Waals surface area contributed by atoms with Crippen molar-refractivity contribution in [1.82, 2.24) is 0 Å². The highest BCUT2D eigenvalue weighted by atomic mass is 32.2. The minimum atomic E-state index is -0.575. The molecule has 28 heavy (non-hydrogen) atoms. The molecule has 0 spiro atoms. The maximum Gasteiger partial charge on any atom is 0.265 e. The van der Waals surface area contributed by atoms with Crippen LogP contribution in [-0.2, 0) is 10.5 Å².